The molecule has 1 aromatic heterocycles. The third-order valence-electron chi connectivity index (χ3n) is 4.55. The van der Waals surface area contributed by atoms with E-state index in [1.807, 2.05) is 47.1 Å². The lowest BCUT2D eigenvalue weighted by Gasteiger charge is -2.16. The summed E-state index contributed by atoms with van der Waals surface area (Å²) < 4.78 is 1.92. The van der Waals surface area contributed by atoms with Gasteiger partial charge in [-0.05, 0) is 65.6 Å². The lowest BCUT2D eigenvalue weighted by molar-refractivity contribution is 0.281. The average Bonchev–Trinajstić information content (AvgIpc) is 3.39. The van der Waals surface area contributed by atoms with Crippen molar-refractivity contribution < 1.29 is 5.11 Å². The molecule has 1 aliphatic rings. The predicted molar refractivity (Wildman–Crippen MR) is 95.9 cm³/mol. The molecule has 3 aromatic rings. The molecule has 0 aliphatic heterocycles. The third-order valence-corrected chi connectivity index (χ3v) is 4.55. The number of hydrogen-bond acceptors (Lipinski definition) is 5. The van der Waals surface area contributed by atoms with Crippen LogP contribution in [0.3, 0.4) is 0 Å². The lowest BCUT2D eigenvalue weighted by atomic mass is 10.0. The summed E-state index contributed by atoms with van der Waals surface area (Å²) in [6.45, 7) is 2.17. The van der Waals surface area contributed by atoms with Crippen LogP contribution in [-0.2, 0) is 6.61 Å². The second-order valence-electron chi connectivity index (χ2n) is 6.52. The van der Waals surface area contributed by atoms with E-state index in [-0.39, 0.29) is 12.6 Å². The summed E-state index contributed by atoms with van der Waals surface area (Å²) >= 11 is 0. The van der Waals surface area contributed by atoms with E-state index in [2.05, 4.69) is 33.8 Å². The lowest BCUT2D eigenvalue weighted by Crippen LogP contribution is -2.07. The number of anilines is 1. The average molecular weight is 335 g/mol. The molecular weight excluding hydrogens is 314 g/mol. The van der Waals surface area contributed by atoms with Crippen molar-refractivity contribution in [3.8, 4) is 11.4 Å². The Morgan fingerprint density at radius 2 is 2.00 bits per heavy atom. The first kappa shape index (κ1) is 15.8. The van der Waals surface area contributed by atoms with E-state index in [0.29, 0.717) is 6.04 Å². The van der Waals surface area contributed by atoms with Gasteiger partial charge in [0, 0.05) is 17.3 Å². The zero-order chi connectivity index (χ0) is 17.2. The fourth-order valence-electron chi connectivity index (χ4n) is 2.96. The van der Waals surface area contributed by atoms with Crippen molar-refractivity contribution in [3.63, 3.8) is 0 Å². The van der Waals surface area contributed by atoms with Crippen LogP contribution in [-0.4, -0.2) is 25.3 Å². The molecule has 6 nitrogen and oxygen atoms in total. The minimum atomic E-state index is 0.0605. The van der Waals surface area contributed by atoms with E-state index in [1.54, 1.807) is 0 Å². The molecular formula is C19H21N5O. The Kier molecular flexibility index (Phi) is 4.19. The van der Waals surface area contributed by atoms with Crippen molar-refractivity contribution in [2.75, 3.05) is 5.32 Å². The molecule has 2 aromatic carbocycles. The van der Waals surface area contributed by atoms with Gasteiger partial charge in [0.05, 0.1) is 12.6 Å². The molecule has 1 heterocycles. The number of hydrogen-bond donors (Lipinski definition) is 2. The topological polar surface area (TPSA) is 75.9 Å². The van der Waals surface area contributed by atoms with Crippen molar-refractivity contribution in [1.29, 1.82) is 0 Å². The Morgan fingerprint density at radius 3 is 2.72 bits per heavy atom. The number of aliphatic hydroxyl groups excluding tert-OH is 1. The second kappa shape index (κ2) is 6.64. The van der Waals surface area contributed by atoms with E-state index in [4.69, 9.17) is 0 Å². The molecule has 1 atom stereocenters. The fraction of sp³-hybridized carbons (Fsp3) is 0.316. The third kappa shape index (κ3) is 3.39. The van der Waals surface area contributed by atoms with Crippen molar-refractivity contribution in [1.82, 2.24) is 20.2 Å². The molecule has 0 amide bonds. The van der Waals surface area contributed by atoms with Crippen LogP contribution in [0, 0.1) is 0 Å². The van der Waals surface area contributed by atoms with E-state index in [9.17, 15) is 5.11 Å². The first-order valence-corrected chi connectivity index (χ1v) is 8.59. The normalized spacial score (nSPS) is 15.1. The second-order valence-corrected chi connectivity index (χ2v) is 6.52. The summed E-state index contributed by atoms with van der Waals surface area (Å²) in [4.78, 5) is 0. The SMILES string of the molecule is CC(Nc1ccc(-c2nnnn2C2CC2)cc1)c1cccc(CO)c1. The van der Waals surface area contributed by atoms with Gasteiger partial charge in [0.2, 0.25) is 0 Å². The maximum absolute atomic E-state index is 9.28. The number of aromatic nitrogens is 4. The molecule has 25 heavy (non-hydrogen) atoms. The number of aliphatic hydroxyl groups is 1. The summed E-state index contributed by atoms with van der Waals surface area (Å²) in [5, 5.41) is 24.9. The highest BCUT2D eigenvalue weighted by Crippen LogP contribution is 2.36. The molecule has 2 N–H and O–H groups in total. The number of nitrogens with one attached hydrogen (secondary N) is 1. The van der Waals surface area contributed by atoms with Gasteiger partial charge in [-0.15, -0.1) is 5.10 Å². The van der Waals surface area contributed by atoms with Gasteiger partial charge in [0.15, 0.2) is 5.82 Å². The summed E-state index contributed by atoms with van der Waals surface area (Å²) in [6.07, 6.45) is 2.31. The Balaban J connectivity index is 1.49. The molecule has 0 saturated heterocycles. The van der Waals surface area contributed by atoms with Crippen LogP contribution in [0.15, 0.2) is 48.5 Å². The molecule has 0 radical (unpaired) electrons. The van der Waals surface area contributed by atoms with E-state index in [0.717, 1.165) is 41.0 Å². The molecule has 4 rings (SSSR count). The highest BCUT2D eigenvalue weighted by Gasteiger charge is 2.28. The summed E-state index contributed by atoms with van der Waals surface area (Å²) in [7, 11) is 0. The smallest absolute Gasteiger partial charge is 0.182 e. The number of rotatable bonds is 6. The van der Waals surface area contributed by atoms with Gasteiger partial charge in [-0.1, -0.05) is 24.3 Å². The maximum Gasteiger partial charge on any atom is 0.182 e. The van der Waals surface area contributed by atoms with Gasteiger partial charge in [-0.3, -0.25) is 0 Å². The predicted octanol–water partition coefficient (Wildman–Crippen LogP) is 3.34. The molecule has 0 spiro atoms. The van der Waals surface area contributed by atoms with Gasteiger partial charge < -0.3 is 10.4 Å². The van der Waals surface area contributed by atoms with E-state index < -0.39 is 0 Å². The van der Waals surface area contributed by atoms with Crippen LogP contribution in [0.4, 0.5) is 5.69 Å². The van der Waals surface area contributed by atoms with E-state index >= 15 is 0 Å². The monoisotopic (exact) mass is 335 g/mol. The molecule has 1 saturated carbocycles. The van der Waals surface area contributed by atoms with Gasteiger partial charge >= 0.3 is 0 Å². The minimum Gasteiger partial charge on any atom is -0.392 e. The van der Waals surface area contributed by atoms with Crippen LogP contribution in [0.25, 0.3) is 11.4 Å². The molecule has 6 heteroatoms. The standard InChI is InChI=1S/C19H21N5O/c1-13(16-4-2-3-14(11-16)12-25)20-17-7-5-15(6-8-17)19-21-22-23-24(19)18-9-10-18/h2-8,11,13,18,20,25H,9-10,12H2,1H3. The number of benzene rings is 2. The van der Waals surface area contributed by atoms with Gasteiger partial charge in [0.25, 0.3) is 0 Å². The van der Waals surface area contributed by atoms with Gasteiger partial charge in [-0.25, -0.2) is 4.68 Å². The molecule has 0 bridgehead atoms. The molecule has 1 unspecified atom stereocenters. The maximum atomic E-state index is 9.28. The summed E-state index contributed by atoms with van der Waals surface area (Å²) in [5.41, 5.74) is 4.13. The first-order valence-electron chi connectivity index (χ1n) is 8.59. The van der Waals surface area contributed by atoms with Crippen molar-refractivity contribution >= 4 is 5.69 Å². The zero-order valence-electron chi connectivity index (χ0n) is 14.1. The Morgan fingerprint density at radius 1 is 1.20 bits per heavy atom. The Labute approximate surface area is 146 Å². The van der Waals surface area contributed by atoms with Crippen LogP contribution in [0.2, 0.25) is 0 Å². The quantitative estimate of drug-likeness (QED) is 0.722. The summed E-state index contributed by atoms with van der Waals surface area (Å²) in [5.74, 6) is 0.831. The molecule has 1 fully saturated rings. The Bertz CT molecular complexity index is 854. The first-order chi connectivity index (χ1) is 12.2. The van der Waals surface area contributed by atoms with Crippen LogP contribution in [0.5, 0.6) is 0 Å². The number of tetrazole rings is 1. The van der Waals surface area contributed by atoms with E-state index in [1.165, 1.54) is 0 Å². The zero-order valence-corrected chi connectivity index (χ0v) is 14.1. The summed E-state index contributed by atoms with van der Waals surface area (Å²) in [6, 6.07) is 16.8. The van der Waals surface area contributed by atoms with Crippen molar-refractivity contribution in [2.45, 2.75) is 38.5 Å². The van der Waals surface area contributed by atoms with Crippen LogP contribution >= 0.6 is 0 Å². The van der Waals surface area contributed by atoms with Crippen molar-refractivity contribution in [2.24, 2.45) is 0 Å². The molecule has 1 aliphatic carbocycles. The van der Waals surface area contributed by atoms with Crippen molar-refractivity contribution in [3.05, 3.63) is 59.7 Å². The molecule has 128 valence electrons. The highest BCUT2D eigenvalue weighted by molar-refractivity contribution is 5.60. The van der Waals surface area contributed by atoms with Gasteiger partial charge in [-0.2, -0.15) is 0 Å². The number of nitrogens with zero attached hydrogens (tertiary/aromatic N) is 4. The fourth-order valence-corrected chi connectivity index (χ4v) is 2.96. The highest BCUT2D eigenvalue weighted by atomic mass is 16.3. The van der Waals surface area contributed by atoms with Crippen LogP contribution in [0.1, 0.15) is 43.0 Å². The Hall–Kier alpha value is -2.73. The van der Waals surface area contributed by atoms with Crippen LogP contribution < -0.4 is 5.32 Å². The largest absolute Gasteiger partial charge is 0.392 e. The van der Waals surface area contributed by atoms with Gasteiger partial charge in [0.1, 0.15) is 0 Å². The minimum absolute atomic E-state index is 0.0605.